The van der Waals surface area contributed by atoms with Crippen molar-refractivity contribution in [1.82, 2.24) is 0 Å². The summed E-state index contributed by atoms with van der Waals surface area (Å²) in [6.07, 6.45) is -0.0388. The van der Waals surface area contributed by atoms with Crippen LogP contribution in [0.25, 0.3) is 0 Å². The number of hydrogen-bond donors (Lipinski definition) is 0. The molecule has 0 aliphatic heterocycles. The molecule has 2 nitrogen and oxygen atoms in total. The van der Waals surface area contributed by atoms with Crippen LogP contribution in [0.15, 0.2) is 0 Å². The van der Waals surface area contributed by atoms with Gasteiger partial charge in [-0.25, -0.2) is 0 Å². The Morgan fingerprint density at radius 2 is 1.12 bits per heavy atom. The molecule has 0 fully saturated rings. The molecule has 0 aromatic rings. The summed E-state index contributed by atoms with van der Waals surface area (Å²) in [6, 6.07) is 0. The summed E-state index contributed by atoms with van der Waals surface area (Å²) in [5.41, 5.74) is -0.371. The summed E-state index contributed by atoms with van der Waals surface area (Å²) in [7, 11) is 0. The largest absolute Gasteiger partial charge is 0.463 e. The van der Waals surface area contributed by atoms with Crippen LogP contribution in [0.5, 0.6) is 0 Å². The number of rotatable bonds is 5. The molecular weight excluding hydrogens is 200 g/mol. The quantitative estimate of drug-likeness (QED) is 0.667. The summed E-state index contributed by atoms with van der Waals surface area (Å²) in [5, 5.41) is 0. The predicted molar refractivity (Wildman–Crippen MR) is 68.2 cm³/mol. The average molecular weight is 228 g/mol. The first-order valence-corrected chi connectivity index (χ1v) is 6.38. The highest BCUT2D eigenvalue weighted by molar-refractivity contribution is 5.78. The second-order valence-electron chi connectivity index (χ2n) is 5.85. The van der Waals surface area contributed by atoms with Crippen molar-refractivity contribution < 1.29 is 9.53 Å². The Morgan fingerprint density at radius 1 is 0.812 bits per heavy atom. The molecule has 0 aliphatic rings. The Hall–Kier alpha value is -0.530. The maximum absolute atomic E-state index is 12.4. The number of esters is 1. The van der Waals surface area contributed by atoms with Crippen molar-refractivity contribution in [2.24, 2.45) is 23.2 Å². The summed E-state index contributed by atoms with van der Waals surface area (Å²) in [4.78, 5) is 12.4. The molecule has 0 aromatic heterocycles. The van der Waals surface area contributed by atoms with Gasteiger partial charge in [0.25, 0.3) is 0 Å². The summed E-state index contributed by atoms with van der Waals surface area (Å²) < 4.78 is 5.46. The van der Waals surface area contributed by atoms with Crippen molar-refractivity contribution in [2.45, 2.75) is 61.5 Å². The molecule has 0 amide bonds. The highest BCUT2D eigenvalue weighted by Crippen LogP contribution is 2.44. The topological polar surface area (TPSA) is 26.3 Å². The van der Waals surface area contributed by atoms with Crippen molar-refractivity contribution in [3.63, 3.8) is 0 Å². The minimum absolute atomic E-state index is 0.0388. The lowest BCUT2D eigenvalue weighted by atomic mass is 9.62. The van der Waals surface area contributed by atoms with Gasteiger partial charge in [-0.2, -0.15) is 0 Å². The summed E-state index contributed by atoms with van der Waals surface area (Å²) in [5.74, 6) is 0.832. The van der Waals surface area contributed by atoms with Crippen molar-refractivity contribution in [2.75, 3.05) is 0 Å². The number of hydrogen-bond acceptors (Lipinski definition) is 2. The smallest absolute Gasteiger partial charge is 0.313 e. The van der Waals surface area contributed by atoms with Gasteiger partial charge in [-0.1, -0.05) is 41.5 Å². The highest BCUT2D eigenvalue weighted by atomic mass is 16.5. The molecule has 0 radical (unpaired) electrons. The number of ether oxygens (including phenoxy) is 1. The molecule has 0 bridgehead atoms. The van der Waals surface area contributed by atoms with E-state index in [1.54, 1.807) is 0 Å². The Balaban J connectivity index is 5.27. The third-order valence-corrected chi connectivity index (χ3v) is 3.56. The van der Waals surface area contributed by atoms with Crippen LogP contribution in [0.3, 0.4) is 0 Å². The van der Waals surface area contributed by atoms with Gasteiger partial charge in [-0.15, -0.1) is 0 Å². The molecule has 2 heteroatoms. The minimum atomic E-state index is -0.371. The van der Waals surface area contributed by atoms with Gasteiger partial charge in [0.05, 0.1) is 11.5 Å². The van der Waals surface area contributed by atoms with E-state index in [-0.39, 0.29) is 17.5 Å². The van der Waals surface area contributed by atoms with E-state index in [2.05, 4.69) is 41.5 Å². The van der Waals surface area contributed by atoms with E-state index in [4.69, 9.17) is 4.74 Å². The van der Waals surface area contributed by atoms with Crippen LogP contribution in [-0.4, -0.2) is 12.1 Å². The van der Waals surface area contributed by atoms with Crippen molar-refractivity contribution >= 4 is 5.97 Å². The molecule has 0 rings (SSSR count). The van der Waals surface area contributed by atoms with E-state index < -0.39 is 0 Å². The molecule has 16 heavy (non-hydrogen) atoms. The SMILES string of the molecule is CC(C)OC(=O)C(C(C)C)(C(C)C)C(C)C. The van der Waals surface area contributed by atoms with Gasteiger partial charge in [-0.05, 0) is 31.6 Å². The van der Waals surface area contributed by atoms with Gasteiger partial charge in [0.1, 0.15) is 0 Å². The van der Waals surface area contributed by atoms with E-state index in [1.165, 1.54) is 0 Å². The van der Waals surface area contributed by atoms with Crippen LogP contribution >= 0.6 is 0 Å². The van der Waals surface area contributed by atoms with Gasteiger partial charge < -0.3 is 4.74 Å². The molecule has 0 heterocycles. The zero-order valence-electron chi connectivity index (χ0n) is 12.1. The molecule has 0 saturated heterocycles. The van der Waals surface area contributed by atoms with Crippen LogP contribution in [-0.2, 0) is 9.53 Å². The van der Waals surface area contributed by atoms with E-state index >= 15 is 0 Å². The average Bonchev–Trinajstić information content (AvgIpc) is 1.99. The lowest BCUT2D eigenvalue weighted by molar-refractivity contribution is -0.171. The molecular formula is C14H28O2. The fraction of sp³-hybridized carbons (Fsp3) is 0.929. The fourth-order valence-corrected chi connectivity index (χ4v) is 3.02. The first-order chi connectivity index (χ1) is 7.17. The standard InChI is InChI=1S/C14H28O2/c1-9(2)14(10(3)4,11(5)6)13(15)16-12(7)8/h9-12H,1-8H3. The molecule has 96 valence electrons. The van der Waals surface area contributed by atoms with E-state index in [1.807, 2.05) is 13.8 Å². The Bertz CT molecular complexity index is 205. The van der Waals surface area contributed by atoms with Crippen LogP contribution < -0.4 is 0 Å². The normalized spacial score (nSPS) is 13.0. The van der Waals surface area contributed by atoms with Crippen LogP contribution in [0, 0.1) is 23.2 Å². The lowest BCUT2D eigenvalue weighted by Crippen LogP contribution is -2.47. The van der Waals surface area contributed by atoms with Crippen LogP contribution in [0.4, 0.5) is 0 Å². The van der Waals surface area contributed by atoms with Gasteiger partial charge >= 0.3 is 5.97 Å². The van der Waals surface area contributed by atoms with Crippen molar-refractivity contribution in [1.29, 1.82) is 0 Å². The van der Waals surface area contributed by atoms with Crippen LogP contribution in [0.1, 0.15) is 55.4 Å². The maximum atomic E-state index is 12.4. The predicted octanol–water partition coefficient (Wildman–Crippen LogP) is 3.89. The zero-order valence-corrected chi connectivity index (χ0v) is 12.1. The highest BCUT2D eigenvalue weighted by Gasteiger charge is 2.48. The fourth-order valence-electron chi connectivity index (χ4n) is 3.02. The van der Waals surface area contributed by atoms with Crippen LogP contribution in [0.2, 0.25) is 0 Å². The molecule has 0 aromatic carbocycles. The van der Waals surface area contributed by atoms with E-state index in [0.29, 0.717) is 17.8 Å². The summed E-state index contributed by atoms with van der Waals surface area (Å²) in [6.45, 7) is 16.5. The molecule has 0 spiro atoms. The molecule has 0 unspecified atom stereocenters. The molecule has 0 saturated carbocycles. The second kappa shape index (κ2) is 5.70. The number of carbonyl (C=O) groups is 1. The zero-order chi connectivity index (χ0) is 13.1. The van der Waals surface area contributed by atoms with Crippen molar-refractivity contribution in [3.8, 4) is 0 Å². The number of carbonyl (C=O) groups excluding carboxylic acids is 1. The first kappa shape index (κ1) is 15.5. The summed E-state index contributed by atoms with van der Waals surface area (Å²) >= 11 is 0. The third kappa shape index (κ3) is 2.78. The third-order valence-electron chi connectivity index (χ3n) is 3.56. The van der Waals surface area contributed by atoms with Gasteiger partial charge in [0.2, 0.25) is 0 Å². The maximum Gasteiger partial charge on any atom is 0.313 e. The van der Waals surface area contributed by atoms with Crippen molar-refractivity contribution in [3.05, 3.63) is 0 Å². The lowest BCUT2D eigenvalue weighted by Gasteiger charge is -2.42. The first-order valence-electron chi connectivity index (χ1n) is 6.38. The Kier molecular flexibility index (Phi) is 5.51. The van der Waals surface area contributed by atoms with E-state index in [0.717, 1.165) is 0 Å². The molecule has 0 aliphatic carbocycles. The second-order valence-corrected chi connectivity index (χ2v) is 5.85. The van der Waals surface area contributed by atoms with Gasteiger partial charge in [0, 0.05) is 0 Å². The molecule has 0 N–H and O–H groups in total. The monoisotopic (exact) mass is 228 g/mol. The Morgan fingerprint density at radius 3 is 1.31 bits per heavy atom. The van der Waals surface area contributed by atoms with Gasteiger partial charge in [0.15, 0.2) is 0 Å². The minimum Gasteiger partial charge on any atom is -0.463 e. The molecule has 0 atom stereocenters. The van der Waals surface area contributed by atoms with Gasteiger partial charge in [-0.3, -0.25) is 4.79 Å². The Labute approximate surface area is 101 Å². The van der Waals surface area contributed by atoms with E-state index in [9.17, 15) is 4.79 Å².